The van der Waals surface area contributed by atoms with Crippen molar-refractivity contribution in [3.05, 3.63) is 10.6 Å². The largest absolute Gasteiger partial charge is 0.321 e. The van der Waals surface area contributed by atoms with Gasteiger partial charge in [-0.05, 0) is 12.2 Å². The molecule has 1 aromatic rings. The number of H-pyrrole nitrogens is 2. The van der Waals surface area contributed by atoms with E-state index in [1.54, 1.807) is 0 Å². The van der Waals surface area contributed by atoms with Gasteiger partial charge in [-0.3, -0.25) is 10.2 Å². The summed E-state index contributed by atoms with van der Waals surface area (Å²) in [5.41, 5.74) is 5.62. The van der Waals surface area contributed by atoms with Crippen molar-refractivity contribution in [3.63, 3.8) is 0 Å². The Bertz CT molecular complexity index is 318. The third-order valence-corrected chi connectivity index (χ3v) is 1.40. The zero-order valence-electron chi connectivity index (χ0n) is 5.79. The predicted octanol–water partition coefficient (Wildman–Crippen LogP) is 0.490. The second-order valence-electron chi connectivity index (χ2n) is 2.07. The molecule has 1 atom stereocenters. The number of aromatic nitrogens is 3. The van der Waals surface area contributed by atoms with Gasteiger partial charge in [-0.15, -0.1) is 12.3 Å². The van der Waals surface area contributed by atoms with Gasteiger partial charge in [0.15, 0.2) is 0 Å². The van der Waals surface area contributed by atoms with Crippen LogP contribution in [0, 0.1) is 17.1 Å². The summed E-state index contributed by atoms with van der Waals surface area (Å²) in [6.07, 6.45) is 5.52. The molecule has 11 heavy (non-hydrogen) atoms. The first kappa shape index (κ1) is 7.98. The van der Waals surface area contributed by atoms with Crippen molar-refractivity contribution < 1.29 is 0 Å². The molecule has 1 heterocycles. The Morgan fingerprint density at radius 2 is 2.45 bits per heavy atom. The summed E-state index contributed by atoms with van der Waals surface area (Å²) in [7, 11) is 0. The number of hydrogen-bond acceptors (Lipinski definition) is 3. The monoisotopic (exact) mass is 168 g/mol. The fourth-order valence-electron chi connectivity index (χ4n) is 0.682. The first-order chi connectivity index (χ1) is 5.24. The minimum absolute atomic E-state index is 0.257. The Balaban J connectivity index is 2.78. The Kier molecular flexibility index (Phi) is 2.41. The van der Waals surface area contributed by atoms with Crippen molar-refractivity contribution in [3.8, 4) is 12.3 Å². The SMILES string of the molecule is C#CC[C@H](N)c1nc(=S)[nH][nH]1. The molecule has 1 aromatic heterocycles. The lowest BCUT2D eigenvalue weighted by molar-refractivity contribution is 0.696. The number of terminal acetylenes is 1. The standard InChI is InChI=1S/C6H8N4S/c1-2-3-4(7)5-8-6(11)10-9-5/h1,4H,3,7H2,(H2,8,9,10,11)/t4-/m0/s1. The van der Waals surface area contributed by atoms with E-state index in [1.807, 2.05) is 0 Å². The summed E-state index contributed by atoms with van der Waals surface area (Å²) in [6.45, 7) is 0. The summed E-state index contributed by atoms with van der Waals surface area (Å²) in [5.74, 6) is 3.05. The molecule has 0 unspecified atom stereocenters. The molecule has 5 heteroatoms. The van der Waals surface area contributed by atoms with Crippen molar-refractivity contribution in [2.75, 3.05) is 0 Å². The first-order valence-corrected chi connectivity index (χ1v) is 3.48. The van der Waals surface area contributed by atoms with Crippen molar-refractivity contribution in [2.24, 2.45) is 5.73 Å². The molecule has 0 spiro atoms. The Hall–Kier alpha value is -1.12. The van der Waals surface area contributed by atoms with Crippen LogP contribution in [0.1, 0.15) is 18.3 Å². The molecule has 1 rings (SSSR count). The van der Waals surface area contributed by atoms with E-state index >= 15 is 0 Å². The van der Waals surface area contributed by atoms with Gasteiger partial charge in [-0.2, -0.15) is 0 Å². The first-order valence-electron chi connectivity index (χ1n) is 3.07. The van der Waals surface area contributed by atoms with Crippen molar-refractivity contribution in [2.45, 2.75) is 12.5 Å². The fourth-order valence-corrected chi connectivity index (χ4v) is 0.831. The van der Waals surface area contributed by atoms with Crippen molar-refractivity contribution >= 4 is 12.2 Å². The molecule has 0 saturated heterocycles. The molecule has 4 N–H and O–H groups in total. The van der Waals surface area contributed by atoms with E-state index in [2.05, 4.69) is 21.1 Å². The molecule has 4 nitrogen and oxygen atoms in total. The molecule has 0 radical (unpaired) electrons. The normalized spacial score (nSPS) is 12.4. The lowest BCUT2D eigenvalue weighted by atomic mass is 10.2. The highest BCUT2D eigenvalue weighted by Gasteiger charge is 2.06. The van der Waals surface area contributed by atoms with Gasteiger partial charge >= 0.3 is 0 Å². The Morgan fingerprint density at radius 1 is 1.73 bits per heavy atom. The van der Waals surface area contributed by atoms with E-state index in [4.69, 9.17) is 24.4 Å². The molecule has 0 aliphatic carbocycles. The summed E-state index contributed by atoms with van der Waals surface area (Å²) in [4.78, 5) is 3.91. The highest BCUT2D eigenvalue weighted by Crippen LogP contribution is 2.05. The van der Waals surface area contributed by atoms with Crippen LogP contribution in [0.15, 0.2) is 0 Å². The number of rotatable bonds is 2. The van der Waals surface area contributed by atoms with Gasteiger partial charge in [0.1, 0.15) is 5.82 Å². The maximum atomic E-state index is 5.62. The fraction of sp³-hybridized carbons (Fsp3) is 0.333. The number of hydrogen-bond donors (Lipinski definition) is 3. The maximum absolute atomic E-state index is 5.62. The molecule has 0 amide bonds. The second-order valence-corrected chi connectivity index (χ2v) is 2.45. The smallest absolute Gasteiger partial charge is 0.213 e. The molecule has 0 aromatic carbocycles. The Labute approximate surface area is 69.2 Å². The molecular formula is C6H8N4S. The van der Waals surface area contributed by atoms with Gasteiger partial charge in [0.25, 0.3) is 0 Å². The van der Waals surface area contributed by atoms with E-state index in [-0.39, 0.29) is 6.04 Å². The van der Waals surface area contributed by atoms with Crippen LogP contribution in [0.3, 0.4) is 0 Å². The van der Waals surface area contributed by atoms with Crippen LogP contribution in [0.25, 0.3) is 0 Å². The number of nitrogens with one attached hydrogen (secondary N) is 2. The van der Waals surface area contributed by atoms with Crippen LogP contribution in [-0.2, 0) is 0 Å². The lowest BCUT2D eigenvalue weighted by Crippen LogP contribution is -2.10. The van der Waals surface area contributed by atoms with E-state index in [0.717, 1.165) is 0 Å². The number of nitrogens with zero attached hydrogens (tertiary/aromatic N) is 1. The second kappa shape index (κ2) is 3.32. The predicted molar refractivity (Wildman–Crippen MR) is 44.2 cm³/mol. The van der Waals surface area contributed by atoms with Crippen LogP contribution < -0.4 is 5.73 Å². The van der Waals surface area contributed by atoms with E-state index in [0.29, 0.717) is 17.0 Å². The van der Waals surface area contributed by atoms with Crippen LogP contribution in [-0.4, -0.2) is 15.2 Å². The molecule has 0 bridgehead atoms. The summed E-state index contributed by atoms with van der Waals surface area (Å²) in [5, 5.41) is 5.37. The highest BCUT2D eigenvalue weighted by molar-refractivity contribution is 7.71. The van der Waals surface area contributed by atoms with Crippen LogP contribution in [0.5, 0.6) is 0 Å². The van der Waals surface area contributed by atoms with E-state index in [9.17, 15) is 0 Å². The van der Waals surface area contributed by atoms with Gasteiger partial charge in [-0.1, -0.05) is 0 Å². The maximum Gasteiger partial charge on any atom is 0.213 e. The molecular weight excluding hydrogens is 160 g/mol. The number of nitrogens with two attached hydrogens (primary N) is 1. The van der Waals surface area contributed by atoms with Crippen molar-refractivity contribution in [1.29, 1.82) is 0 Å². The average molecular weight is 168 g/mol. The van der Waals surface area contributed by atoms with Gasteiger partial charge in [0.05, 0.1) is 6.04 Å². The van der Waals surface area contributed by atoms with Crippen LogP contribution in [0.2, 0.25) is 0 Å². The third-order valence-electron chi connectivity index (χ3n) is 1.21. The van der Waals surface area contributed by atoms with Gasteiger partial charge in [-0.25, -0.2) is 4.98 Å². The van der Waals surface area contributed by atoms with Crippen LogP contribution >= 0.6 is 12.2 Å². The minimum Gasteiger partial charge on any atom is -0.321 e. The quantitative estimate of drug-likeness (QED) is 0.444. The minimum atomic E-state index is -0.257. The number of aromatic amines is 2. The van der Waals surface area contributed by atoms with Gasteiger partial charge in [0, 0.05) is 6.42 Å². The third kappa shape index (κ3) is 1.90. The van der Waals surface area contributed by atoms with Crippen LogP contribution in [0.4, 0.5) is 0 Å². The molecule has 0 aliphatic heterocycles. The highest BCUT2D eigenvalue weighted by atomic mass is 32.1. The molecule has 0 aliphatic rings. The molecule has 0 saturated carbocycles. The average Bonchev–Trinajstić information content (AvgIpc) is 2.36. The summed E-state index contributed by atoms with van der Waals surface area (Å²) < 4.78 is 0.396. The Morgan fingerprint density at radius 3 is 2.91 bits per heavy atom. The van der Waals surface area contributed by atoms with Crippen molar-refractivity contribution in [1.82, 2.24) is 15.2 Å². The lowest BCUT2D eigenvalue weighted by Gasteiger charge is -2.00. The van der Waals surface area contributed by atoms with Gasteiger partial charge < -0.3 is 5.73 Å². The van der Waals surface area contributed by atoms with E-state index in [1.165, 1.54) is 0 Å². The topological polar surface area (TPSA) is 70.5 Å². The van der Waals surface area contributed by atoms with Gasteiger partial charge in [0.2, 0.25) is 4.77 Å². The molecule has 58 valence electrons. The summed E-state index contributed by atoms with van der Waals surface area (Å²) >= 11 is 4.73. The zero-order valence-corrected chi connectivity index (χ0v) is 6.61. The zero-order chi connectivity index (χ0) is 8.27. The van der Waals surface area contributed by atoms with E-state index < -0.39 is 0 Å². The summed E-state index contributed by atoms with van der Waals surface area (Å²) in [6, 6.07) is -0.257. The molecule has 0 fully saturated rings.